The molecule has 0 amide bonds. The van der Waals surface area contributed by atoms with Crippen molar-refractivity contribution in [2.45, 2.75) is 53.2 Å². The Bertz CT molecular complexity index is 475. The van der Waals surface area contributed by atoms with Gasteiger partial charge in [0.2, 0.25) is 0 Å². The Hall–Kier alpha value is -1.55. The molecule has 4 heteroatoms. The van der Waals surface area contributed by atoms with Crippen molar-refractivity contribution >= 4 is 11.7 Å². The van der Waals surface area contributed by atoms with Gasteiger partial charge in [-0.2, -0.15) is 0 Å². The predicted octanol–water partition coefficient (Wildman–Crippen LogP) is 3.46. The minimum Gasteiger partial charge on any atom is -0.462 e. The topological polar surface area (TPSA) is 61.5 Å². The van der Waals surface area contributed by atoms with Gasteiger partial charge in [0, 0.05) is 5.69 Å². The molecule has 0 unspecified atom stereocenters. The van der Waals surface area contributed by atoms with E-state index in [1.807, 2.05) is 40.7 Å². The van der Waals surface area contributed by atoms with Gasteiger partial charge in [-0.25, -0.2) is 4.79 Å². The molecule has 1 aromatic rings. The SMILES string of the molecule is CCCOC(=O)c1ccc(COC(C)(C)C)c(C)c1N. The van der Waals surface area contributed by atoms with E-state index in [1.54, 1.807) is 6.07 Å². The summed E-state index contributed by atoms with van der Waals surface area (Å²) in [5.74, 6) is -0.365. The number of hydrogen-bond acceptors (Lipinski definition) is 4. The van der Waals surface area contributed by atoms with E-state index in [0.29, 0.717) is 24.5 Å². The van der Waals surface area contributed by atoms with Gasteiger partial charge >= 0.3 is 5.97 Å². The molecule has 0 spiro atoms. The molecule has 1 aromatic carbocycles. The van der Waals surface area contributed by atoms with Gasteiger partial charge in [0.15, 0.2) is 0 Å². The number of carbonyl (C=O) groups excluding carboxylic acids is 1. The number of nitrogens with two attached hydrogens (primary N) is 1. The molecule has 0 saturated heterocycles. The van der Waals surface area contributed by atoms with E-state index < -0.39 is 0 Å². The van der Waals surface area contributed by atoms with E-state index in [-0.39, 0.29) is 11.6 Å². The fraction of sp³-hybridized carbons (Fsp3) is 0.562. The molecular weight excluding hydrogens is 254 g/mol. The van der Waals surface area contributed by atoms with Gasteiger partial charge in [-0.3, -0.25) is 0 Å². The van der Waals surface area contributed by atoms with Crippen LogP contribution >= 0.6 is 0 Å². The predicted molar refractivity (Wildman–Crippen MR) is 80.7 cm³/mol. The first kappa shape index (κ1) is 16.5. The van der Waals surface area contributed by atoms with Gasteiger partial charge in [-0.15, -0.1) is 0 Å². The maximum Gasteiger partial charge on any atom is 0.340 e. The van der Waals surface area contributed by atoms with Crippen molar-refractivity contribution < 1.29 is 14.3 Å². The van der Waals surface area contributed by atoms with Crippen LogP contribution in [0.15, 0.2) is 12.1 Å². The Morgan fingerprint density at radius 1 is 1.30 bits per heavy atom. The zero-order valence-corrected chi connectivity index (χ0v) is 13.1. The molecule has 2 N–H and O–H groups in total. The molecule has 0 heterocycles. The molecule has 0 aliphatic carbocycles. The largest absolute Gasteiger partial charge is 0.462 e. The van der Waals surface area contributed by atoms with Crippen LogP contribution < -0.4 is 5.73 Å². The van der Waals surface area contributed by atoms with Crippen molar-refractivity contribution in [3.05, 3.63) is 28.8 Å². The summed E-state index contributed by atoms with van der Waals surface area (Å²) in [7, 11) is 0. The standard InChI is InChI=1S/C16H25NO3/c1-6-9-19-15(18)13-8-7-12(11(2)14(13)17)10-20-16(3,4)5/h7-8H,6,9-10,17H2,1-5H3. The summed E-state index contributed by atoms with van der Waals surface area (Å²) in [5.41, 5.74) is 8.60. The Kier molecular flexibility index (Phi) is 5.57. The normalized spacial score (nSPS) is 11.4. The van der Waals surface area contributed by atoms with Crippen molar-refractivity contribution in [1.82, 2.24) is 0 Å². The smallest absolute Gasteiger partial charge is 0.340 e. The number of carbonyl (C=O) groups is 1. The second-order valence-corrected chi connectivity index (χ2v) is 5.85. The van der Waals surface area contributed by atoms with Crippen LogP contribution in [0.25, 0.3) is 0 Å². The Balaban J connectivity index is 2.89. The highest BCUT2D eigenvalue weighted by molar-refractivity contribution is 5.96. The third-order valence-electron chi connectivity index (χ3n) is 2.94. The number of benzene rings is 1. The van der Waals surface area contributed by atoms with Crippen molar-refractivity contribution in [1.29, 1.82) is 0 Å². The number of anilines is 1. The van der Waals surface area contributed by atoms with Gasteiger partial charge in [0.25, 0.3) is 0 Å². The minimum atomic E-state index is -0.365. The molecule has 0 bridgehead atoms. The third-order valence-corrected chi connectivity index (χ3v) is 2.94. The Labute approximate surface area is 121 Å². The highest BCUT2D eigenvalue weighted by atomic mass is 16.5. The van der Waals surface area contributed by atoms with Crippen molar-refractivity contribution in [3.8, 4) is 0 Å². The zero-order valence-electron chi connectivity index (χ0n) is 13.1. The van der Waals surface area contributed by atoms with Crippen LogP contribution in [0.1, 0.15) is 55.6 Å². The summed E-state index contributed by atoms with van der Waals surface area (Å²) >= 11 is 0. The molecule has 0 saturated carbocycles. The lowest BCUT2D eigenvalue weighted by Gasteiger charge is -2.21. The summed E-state index contributed by atoms with van der Waals surface area (Å²) in [4.78, 5) is 11.9. The Morgan fingerprint density at radius 3 is 2.50 bits per heavy atom. The third kappa shape index (κ3) is 4.53. The van der Waals surface area contributed by atoms with E-state index in [1.165, 1.54) is 0 Å². The van der Waals surface area contributed by atoms with Crippen LogP contribution in [0, 0.1) is 6.92 Å². The lowest BCUT2D eigenvalue weighted by atomic mass is 10.0. The summed E-state index contributed by atoms with van der Waals surface area (Å²) in [6.45, 7) is 10.7. The first-order valence-electron chi connectivity index (χ1n) is 6.95. The molecule has 112 valence electrons. The van der Waals surface area contributed by atoms with E-state index in [0.717, 1.165) is 17.5 Å². The first-order valence-corrected chi connectivity index (χ1v) is 6.95. The quantitative estimate of drug-likeness (QED) is 0.662. The van der Waals surface area contributed by atoms with Crippen LogP contribution in [0.4, 0.5) is 5.69 Å². The Morgan fingerprint density at radius 2 is 1.95 bits per heavy atom. The highest BCUT2D eigenvalue weighted by Crippen LogP contribution is 2.24. The zero-order chi connectivity index (χ0) is 15.3. The summed E-state index contributed by atoms with van der Waals surface area (Å²) in [6.07, 6.45) is 0.794. The monoisotopic (exact) mass is 279 g/mol. The molecule has 0 radical (unpaired) electrons. The number of hydrogen-bond donors (Lipinski definition) is 1. The molecule has 0 aromatic heterocycles. The van der Waals surface area contributed by atoms with Crippen molar-refractivity contribution in [2.75, 3.05) is 12.3 Å². The molecule has 0 fully saturated rings. The van der Waals surface area contributed by atoms with Crippen LogP contribution in [-0.4, -0.2) is 18.2 Å². The summed E-state index contributed by atoms with van der Waals surface area (Å²) in [6, 6.07) is 3.58. The van der Waals surface area contributed by atoms with Crippen LogP contribution in [0.5, 0.6) is 0 Å². The second-order valence-electron chi connectivity index (χ2n) is 5.85. The lowest BCUT2D eigenvalue weighted by Crippen LogP contribution is -2.19. The number of esters is 1. The van der Waals surface area contributed by atoms with Gasteiger partial charge in [-0.05, 0) is 51.3 Å². The minimum absolute atomic E-state index is 0.208. The summed E-state index contributed by atoms with van der Waals surface area (Å²) in [5, 5.41) is 0. The molecular formula is C16H25NO3. The average Bonchev–Trinajstić information content (AvgIpc) is 2.36. The van der Waals surface area contributed by atoms with Gasteiger partial charge < -0.3 is 15.2 Å². The fourth-order valence-electron chi connectivity index (χ4n) is 1.67. The van der Waals surface area contributed by atoms with E-state index in [9.17, 15) is 4.79 Å². The number of ether oxygens (including phenoxy) is 2. The van der Waals surface area contributed by atoms with Crippen molar-refractivity contribution in [2.24, 2.45) is 0 Å². The maximum atomic E-state index is 11.9. The summed E-state index contributed by atoms with van der Waals surface area (Å²) < 4.78 is 10.9. The first-order chi connectivity index (χ1) is 9.26. The molecule has 1 rings (SSSR count). The average molecular weight is 279 g/mol. The maximum absolute atomic E-state index is 11.9. The molecule has 0 aliphatic rings. The van der Waals surface area contributed by atoms with Crippen LogP contribution in [-0.2, 0) is 16.1 Å². The van der Waals surface area contributed by atoms with E-state index in [2.05, 4.69) is 0 Å². The van der Waals surface area contributed by atoms with E-state index in [4.69, 9.17) is 15.2 Å². The number of rotatable bonds is 5. The second kappa shape index (κ2) is 6.75. The van der Waals surface area contributed by atoms with Crippen molar-refractivity contribution in [3.63, 3.8) is 0 Å². The fourth-order valence-corrected chi connectivity index (χ4v) is 1.67. The molecule has 4 nitrogen and oxygen atoms in total. The van der Waals surface area contributed by atoms with E-state index >= 15 is 0 Å². The van der Waals surface area contributed by atoms with Crippen LogP contribution in [0.3, 0.4) is 0 Å². The van der Waals surface area contributed by atoms with Gasteiger partial charge in [0.05, 0.1) is 24.4 Å². The molecule has 20 heavy (non-hydrogen) atoms. The number of nitrogen functional groups attached to an aromatic ring is 1. The van der Waals surface area contributed by atoms with Crippen LogP contribution in [0.2, 0.25) is 0 Å². The molecule has 0 atom stereocenters. The lowest BCUT2D eigenvalue weighted by molar-refractivity contribution is -0.0151. The highest BCUT2D eigenvalue weighted by Gasteiger charge is 2.16. The van der Waals surface area contributed by atoms with Gasteiger partial charge in [-0.1, -0.05) is 13.0 Å². The van der Waals surface area contributed by atoms with Gasteiger partial charge in [0.1, 0.15) is 0 Å². The molecule has 0 aliphatic heterocycles.